The van der Waals surface area contributed by atoms with Crippen molar-refractivity contribution in [1.29, 1.82) is 0 Å². The third-order valence-corrected chi connectivity index (χ3v) is 3.42. The van der Waals surface area contributed by atoms with Crippen molar-refractivity contribution in [3.63, 3.8) is 0 Å². The van der Waals surface area contributed by atoms with Gasteiger partial charge < -0.3 is 4.74 Å². The summed E-state index contributed by atoms with van der Waals surface area (Å²) in [7, 11) is 1.62. The molecule has 2 aromatic rings. The highest BCUT2D eigenvalue weighted by Gasteiger charge is 2.26. The molecule has 2 aromatic heterocycles. The molecular formula is C17H25N3O. The van der Waals surface area contributed by atoms with Crippen molar-refractivity contribution in [2.75, 3.05) is 7.11 Å². The first-order chi connectivity index (χ1) is 9.63. The van der Waals surface area contributed by atoms with Crippen LogP contribution in [-0.2, 0) is 10.8 Å². The Morgan fingerprint density at radius 1 is 1.00 bits per heavy atom. The molecule has 0 unspecified atom stereocenters. The van der Waals surface area contributed by atoms with Gasteiger partial charge in [0.25, 0.3) is 0 Å². The zero-order chi connectivity index (χ0) is 15.8. The zero-order valence-corrected chi connectivity index (χ0v) is 14.1. The summed E-state index contributed by atoms with van der Waals surface area (Å²) in [5.74, 6) is 0.610. The highest BCUT2D eigenvalue weighted by atomic mass is 16.5. The molecule has 0 atom stereocenters. The summed E-state index contributed by atoms with van der Waals surface area (Å²) in [6.45, 7) is 13.1. The van der Waals surface area contributed by atoms with Crippen molar-refractivity contribution in [1.82, 2.24) is 14.8 Å². The molecule has 0 aliphatic carbocycles. The van der Waals surface area contributed by atoms with E-state index in [1.165, 1.54) is 5.69 Å². The minimum Gasteiger partial charge on any atom is -0.481 e. The van der Waals surface area contributed by atoms with Gasteiger partial charge in [0.1, 0.15) is 0 Å². The summed E-state index contributed by atoms with van der Waals surface area (Å²) in [6, 6.07) is 6.05. The van der Waals surface area contributed by atoms with E-state index in [1.807, 2.05) is 16.8 Å². The maximum absolute atomic E-state index is 5.12. The van der Waals surface area contributed by atoms with Crippen LogP contribution >= 0.6 is 0 Å². The van der Waals surface area contributed by atoms with Crippen LogP contribution in [0.4, 0.5) is 0 Å². The van der Waals surface area contributed by atoms with Crippen molar-refractivity contribution in [3.05, 3.63) is 35.8 Å². The summed E-state index contributed by atoms with van der Waals surface area (Å²) in [6.07, 6.45) is 1.80. The minimum absolute atomic E-state index is 0.0103. The van der Waals surface area contributed by atoms with Crippen molar-refractivity contribution >= 4 is 0 Å². The van der Waals surface area contributed by atoms with Gasteiger partial charge in [0.05, 0.1) is 24.7 Å². The zero-order valence-electron chi connectivity index (χ0n) is 14.1. The SMILES string of the molecule is COc1ccc(-n2nc(C(C)(C)C)cc2C(C)(C)C)cn1. The number of hydrogen-bond acceptors (Lipinski definition) is 3. The Morgan fingerprint density at radius 3 is 2.10 bits per heavy atom. The van der Waals surface area contributed by atoms with Crippen LogP contribution in [0.5, 0.6) is 5.88 Å². The maximum Gasteiger partial charge on any atom is 0.213 e. The number of hydrogen-bond donors (Lipinski definition) is 0. The van der Waals surface area contributed by atoms with Gasteiger partial charge in [-0.25, -0.2) is 9.67 Å². The van der Waals surface area contributed by atoms with Crippen molar-refractivity contribution in [2.24, 2.45) is 0 Å². The molecule has 4 nitrogen and oxygen atoms in total. The molecule has 0 saturated carbocycles. The predicted octanol–water partition coefficient (Wildman–Crippen LogP) is 3.87. The third kappa shape index (κ3) is 3.26. The standard InChI is InChI=1S/C17H25N3O/c1-16(2,3)13-10-14(17(4,5)6)20(19-13)12-8-9-15(21-7)18-11-12/h8-11H,1-7H3. The lowest BCUT2D eigenvalue weighted by molar-refractivity contribution is 0.397. The normalized spacial score (nSPS) is 12.5. The van der Waals surface area contributed by atoms with Crippen LogP contribution in [-0.4, -0.2) is 21.9 Å². The Bertz CT molecular complexity index is 613. The molecule has 2 heterocycles. The van der Waals surface area contributed by atoms with E-state index >= 15 is 0 Å². The van der Waals surface area contributed by atoms with Gasteiger partial charge in [-0.05, 0) is 12.1 Å². The molecule has 21 heavy (non-hydrogen) atoms. The molecule has 0 fully saturated rings. The molecule has 0 saturated heterocycles. The number of pyridine rings is 1. The second-order valence-corrected chi connectivity index (χ2v) is 7.39. The molecule has 0 aromatic carbocycles. The van der Waals surface area contributed by atoms with Gasteiger partial charge in [0.2, 0.25) is 5.88 Å². The lowest BCUT2D eigenvalue weighted by Crippen LogP contribution is -2.17. The molecule has 0 spiro atoms. The Kier molecular flexibility index (Phi) is 3.83. The lowest BCUT2D eigenvalue weighted by atomic mass is 9.88. The molecule has 2 rings (SSSR count). The number of methoxy groups -OCH3 is 1. The van der Waals surface area contributed by atoms with Gasteiger partial charge in [0, 0.05) is 22.6 Å². The van der Waals surface area contributed by atoms with Crippen LogP contribution in [0.2, 0.25) is 0 Å². The van der Waals surface area contributed by atoms with E-state index in [4.69, 9.17) is 9.84 Å². The molecule has 0 radical (unpaired) electrons. The molecular weight excluding hydrogens is 262 g/mol. The van der Waals surface area contributed by atoms with Crippen LogP contribution in [0.25, 0.3) is 5.69 Å². The molecule has 0 aliphatic heterocycles. The largest absolute Gasteiger partial charge is 0.481 e. The summed E-state index contributed by atoms with van der Waals surface area (Å²) < 4.78 is 7.11. The van der Waals surface area contributed by atoms with E-state index in [1.54, 1.807) is 13.3 Å². The lowest BCUT2D eigenvalue weighted by Gasteiger charge is -2.20. The van der Waals surface area contributed by atoms with Crippen LogP contribution in [0.15, 0.2) is 24.4 Å². The van der Waals surface area contributed by atoms with Crippen molar-refractivity contribution < 1.29 is 4.74 Å². The van der Waals surface area contributed by atoms with E-state index in [-0.39, 0.29) is 10.8 Å². The van der Waals surface area contributed by atoms with Crippen LogP contribution in [0.3, 0.4) is 0 Å². The maximum atomic E-state index is 5.12. The number of nitrogens with zero attached hydrogens (tertiary/aromatic N) is 3. The number of ether oxygens (including phenoxy) is 1. The van der Waals surface area contributed by atoms with Gasteiger partial charge in [-0.3, -0.25) is 0 Å². The monoisotopic (exact) mass is 287 g/mol. The first-order valence-electron chi connectivity index (χ1n) is 7.24. The second-order valence-electron chi connectivity index (χ2n) is 7.39. The fraction of sp³-hybridized carbons (Fsp3) is 0.529. The smallest absolute Gasteiger partial charge is 0.213 e. The van der Waals surface area contributed by atoms with Gasteiger partial charge in [-0.2, -0.15) is 5.10 Å². The van der Waals surface area contributed by atoms with Gasteiger partial charge >= 0.3 is 0 Å². The summed E-state index contributed by atoms with van der Waals surface area (Å²) >= 11 is 0. The molecule has 0 N–H and O–H groups in total. The van der Waals surface area contributed by atoms with Gasteiger partial charge in [-0.1, -0.05) is 41.5 Å². The summed E-state index contributed by atoms with van der Waals surface area (Å²) in [5.41, 5.74) is 3.25. The number of rotatable bonds is 2. The fourth-order valence-electron chi connectivity index (χ4n) is 2.10. The molecule has 0 bridgehead atoms. The molecule has 114 valence electrons. The van der Waals surface area contributed by atoms with E-state index in [2.05, 4.69) is 52.6 Å². The average Bonchev–Trinajstić information content (AvgIpc) is 2.83. The second kappa shape index (κ2) is 5.17. The van der Waals surface area contributed by atoms with E-state index in [0.717, 1.165) is 11.4 Å². The van der Waals surface area contributed by atoms with Crippen molar-refractivity contribution in [3.8, 4) is 11.6 Å². The highest BCUT2D eigenvalue weighted by Crippen LogP contribution is 2.30. The summed E-state index contributed by atoms with van der Waals surface area (Å²) in [4.78, 5) is 4.29. The van der Waals surface area contributed by atoms with E-state index < -0.39 is 0 Å². The average molecular weight is 287 g/mol. The fourth-order valence-corrected chi connectivity index (χ4v) is 2.10. The molecule has 0 amide bonds. The van der Waals surface area contributed by atoms with Crippen LogP contribution in [0.1, 0.15) is 52.9 Å². The Hall–Kier alpha value is -1.84. The predicted molar refractivity (Wildman–Crippen MR) is 85.3 cm³/mol. The quantitative estimate of drug-likeness (QED) is 0.841. The third-order valence-electron chi connectivity index (χ3n) is 3.42. The van der Waals surface area contributed by atoms with E-state index in [9.17, 15) is 0 Å². The van der Waals surface area contributed by atoms with Crippen LogP contribution < -0.4 is 4.74 Å². The summed E-state index contributed by atoms with van der Waals surface area (Å²) in [5, 5.41) is 4.81. The van der Waals surface area contributed by atoms with E-state index in [0.29, 0.717) is 5.88 Å². The minimum atomic E-state index is 0.0103. The van der Waals surface area contributed by atoms with Gasteiger partial charge in [-0.15, -0.1) is 0 Å². The first-order valence-corrected chi connectivity index (χ1v) is 7.24. The van der Waals surface area contributed by atoms with Gasteiger partial charge in [0.15, 0.2) is 0 Å². The Morgan fingerprint density at radius 2 is 1.67 bits per heavy atom. The van der Waals surface area contributed by atoms with Crippen molar-refractivity contribution in [2.45, 2.75) is 52.4 Å². The first kappa shape index (κ1) is 15.5. The molecule has 4 heteroatoms. The topological polar surface area (TPSA) is 39.9 Å². The van der Waals surface area contributed by atoms with Crippen LogP contribution in [0, 0.1) is 0 Å². The number of aromatic nitrogens is 3. The Balaban J connectivity index is 2.57. The Labute approximate surface area is 127 Å². The molecule has 0 aliphatic rings. The highest BCUT2D eigenvalue weighted by molar-refractivity contribution is 5.36.